The largest absolute Gasteiger partial charge is 0.488 e. The Morgan fingerprint density at radius 1 is 1.26 bits per heavy atom. The Kier molecular flexibility index (Phi) is 6.44. The van der Waals surface area contributed by atoms with Gasteiger partial charge in [-0.25, -0.2) is 0 Å². The first-order valence-electron chi connectivity index (χ1n) is 11.4. The van der Waals surface area contributed by atoms with Crippen molar-refractivity contribution in [1.29, 1.82) is 0 Å². The van der Waals surface area contributed by atoms with Crippen LogP contribution >= 0.6 is 0 Å². The number of carbonyl (C=O) groups is 2. The number of carbonyl (C=O) groups excluding carboxylic acids is 2. The van der Waals surface area contributed by atoms with E-state index in [1.165, 1.54) is 13.8 Å². The van der Waals surface area contributed by atoms with Crippen molar-refractivity contribution in [2.45, 2.75) is 63.9 Å². The van der Waals surface area contributed by atoms with Crippen LogP contribution in [0.15, 0.2) is 41.9 Å². The van der Waals surface area contributed by atoms with Gasteiger partial charge in [-0.05, 0) is 38.8 Å². The van der Waals surface area contributed by atoms with Crippen LogP contribution in [0.25, 0.3) is 5.76 Å². The normalized spacial score (nSPS) is 32.1. The molecule has 0 bridgehead atoms. The van der Waals surface area contributed by atoms with E-state index in [2.05, 4.69) is 4.98 Å². The molecule has 3 heterocycles. The summed E-state index contributed by atoms with van der Waals surface area (Å²) >= 11 is 0. The Labute approximate surface area is 198 Å². The van der Waals surface area contributed by atoms with Gasteiger partial charge in [0.15, 0.2) is 0 Å². The van der Waals surface area contributed by atoms with E-state index in [1.54, 1.807) is 38.4 Å². The zero-order valence-corrected chi connectivity index (χ0v) is 19.8. The summed E-state index contributed by atoms with van der Waals surface area (Å²) in [6.07, 6.45) is 3.80. The molecule has 0 radical (unpaired) electrons. The van der Waals surface area contributed by atoms with Gasteiger partial charge in [-0.3, -0.25) is 14.6 Å². The number of esters is 2. The van der Waals surface area contributed by atoms with Gasteiger partial charge in [-0.1, -0.05) is 0 Å². The molecular formula is C25H31NO8. The first-order chi connectivity index (χ1) is 16.0. The SMILES string of the molecule is CC(=O)OC[C@](C)(OC(C)=O)[C@H]1C[C@@H](O)[C@]2(C)OC3=C(COC(c4cccnc4)=C3)[C@H](O)[C@H]2C1. The lowest BCUT2D eigenvalue weighted by Crippen LogP contribution is -2.62. The maximum absolute atomic E-state index is 11.8. The first-order valence-corrected chi connectivity index (χ1v) is 11.4. The topological polar surface area (TPSA) is 124 Å². The van der Waals surface area contributed by atoms with Crippen LogP contribution in [0, 0.1) is 11.8 Å². The average Bonchev–Trinajstić information content (AvgIpc) is 2.78. The molecule has 0 unspecified atom stereocenters. The van der Waals surface area contributed by atoms with Crippen LogP contribution in [0.2, 0.25) is 0 Å². The number of hydrogen-bond acceptors (Lipinski definition) is 9. The molecule has 6 atom stereocenters. The third kappa shape index (κ3) is 4.42. The fourth-order valence-electron chi connectivity index (χ4n) is 5.24. The summed E-state index contributed by atoms with van der Waals surface area (Å²) in [6.45, 7) is 6.03. The summed E-state index contributed by atoms with van der Waals surface area (Å²) in [5.74, 6) is -0.827. The van der Waals surface area contributed by atoms with Crippen molar-refractivity contribution in [3.63, 3.8) is 0 Å². The Hall–Kier alpha value is -2.91. The molecule has 9 nitrogen and oxygen atoms in total. The van der Waals surface area contributed by atoms with E-state index in [4.69, 9.17) is 18.9 Å². The predicted octanol–water partition coefficient (Wildman–Crippen LogP) is 2.13. The Morgan fingerprint density at radius 3 is 2.68 bits per heavy atom. The smallest absolute Gasteiger partial charge is 0.303 e. The van der Waals surface area contributed by atoms with Crippen LogP contribution < -0.4 is 0 Å². The Balaban J connectivity index is 1.63. The molecule has 1 aromatic rings. The third-order valence-corrected chi connectivity index (χ3v) is 7.22. The zero-order chi connectivity index (χ0) is 24.7. The van der Waals surface area contributed by atoms with Crippen molar-refractivity contribution in [2.24, 2.45) is 11.8 Å². The molecule has 1 fully saturated rings. The number of hydrogen-bond donors (Lipinski definition) is 2. The van der Waals surface area contributed by atoms with Crippen molar-refractivity contribution in [3.8, 4) is 0 Å². The number of allylic oxidation sites excluding steroid dienone is 1. The van der Waals surface area contributed by atoms with Crippen LogP contribution in [0.4, 0.5) is 0 Å². The van der Waals surface area contributed by atoms with Gasteiger partial charge >= 0.3 is 11.9 Å². The number of aliphatic hydroxyl groups excluding tert-OH is 2. The van der Waals surface area contributed by atoms with Crippen LogP contribution in [-0.4, -0.2) is 63.8 Å². The second kappa shape index (κ2) is 9.03. The summed E-state index contributed by atoms with van der Waals surface area (Å²) in [4.78, 5) is 27.4. The molecule has 34 heavy (non-hydrogen) atoms. The fraction of sp³-hybridized carbons (Fsp3) is 0.560. The lowest BCUT2D eigenvalue weighted by atomic mass is 9.62. The summed E-state index contributed by atoms with van der Waals surface area (Å²) in [6, 6.07) is 3.67. The number of aromatic nitrogens is 1. The molecule has 0 saturated heterocycles. The molecule has 1 aromatic heterocycles. The summed E-state index contributed by atoms with van der Waals surface area (Å²) in [5, 5.41) is 22.6. The predicted molar refractivity (Wildman–Crippen MR) is 120 cm³/mol. The van der Waals surface area contributed by atoms with Gasteiger partial charge < -0.3 is 29.2 Å². The van der Waals surface area contributed by atoms with E-state index in [0.29, 0.717) is 23.5 Å². The molecule has 2 N–H and O–H groups in total. The minimum Gasteiger partial charge on any atom is -0.488 e. The van der Waals surface area contributed by atoms with Gasteiger partial charge in [-0.15, -0.1) is 0 Å². The van der Waals surface area contributed by atoms with Gasteiger partial charge in [0.25, 0.3) is 0 Å². The van der Waals surface area contributed by atoms with E-state index < -0.39 is 41.3 Å². The lowest BCUT2D eigenvalue weighted by Gasteiger charge is -2.54. The zero-order valence-electron chi connectivity index (χ0n) is 19.8. The number of aliphatic hydroxyl groups is 2. The summed E-state index contributed by atoms with van der Waals surface area (Å²) < 4.78 is 23.0. The minimum atomic E-state index is -1.16. The highest BCUT2D eigenvalue weighted by atomic mass is 16.6. The van der Waals surface area contributed by atoms with Crippen molar-refractivity contribution < 1.29 is 38.7 Å². The summed E-state index contributed by atoms with van der Waals surface area (Å²) in [5.41, 5.74) is -0.852. The second-order valence-electron chi connectivity index (χ2n) is 9.64. The van der Waals surface area contributed by atoms with E-state index in [1.807, 2.05) is 6.07 Å². The second-order valence-corrected chi connectivity index (χ2v) is 9.64. The average molecular weight is 474 g/mol. The molecule has 4 rings (SSSR count). The molecular weight excluding hydrogens is 442 g/mol. The standard InChI is InChI=1S/C25H31NO8/c1-14(27)32-13-24(3,33-15(2)28)17-8-19-23(30)18-12-31-20(16-6-5-7-26-11-16)10-21(18)34-25(19,4)22(29)9-17/h5-7,10-11,17,19,22-23,29-30H,8-9,12-13H2,1-4H3/t17-,19-,22-,23+,24+,25-/m1/s1. The van der Waals surface area contributed by atoms with Gasteiger partial charge in [0.2, 0.25) is 0 Å². The molecule has 0 spiro atoms. The third-order valence-electron chi connectivity index (χ3n) is 7.22. The maximum atomic E-state index is 11.8. The lowest BCUT2D eigenvalue weighted by molar-refractivity contribution is -0.214. The van der Waals surface area contributed by atoms with Crippen molar-refractivity contribution in [2.75, 3.05) is 13.2 Å². The Bertz CT molecular complexity index is 1020. The highest BCUT2D eigenvalue weighted by Crippen LogP contribution is 2.51. The molecule has 0 amide bonds. The van der Waals surface area contributed by atoms with Gasteiger partial charge in [0, 0.05) is 55.3 Å². The molecule has 9 heteroatoms. The first kappa shape index (κ1) is 24.2. The van der Waals surface area contributed by atoms with Crippen molar-refractivity contribution >= 4 is 17.7 Å². The summed E-state index contributed by atoms with van der Waals surface area (Å²) in [7, 11) is 0. The van der Waals surface area contributed by atoms with E-state index >= 15 is 0 Å². The number of ether oxygens (including phenoxy) is 4. The minimum absolute atomic E-state index is 0.138. The van der Waals surface area contributed by atoms with Gasteiger partial charge in [-0.2, -0.15) is 0 Å². The van der Waals surface area contributed by atoms with Gasteiger partial charge in [0.1, 0.15) is 35.9 Å². The molecule has 2 aliphatic heterocycles. The van der Waals surface area contributed by atoms with Crippen molar-refractivity contribution in [1.82, 2.24) is 4.98 Å². The fourth-order valence-corrected chi connectivity index (χ4v) is 5.24. The Morgan fingerprint density at radius 2 is 2.03 bits per heavy atom. The molecule has 1 aliphatic carbocycles. The molecule has 3 aliphatic rings. The van der Waals surface area contributed by atoms with Gasteiger partial charge in [0.05, 0.1) is 12.2 Å². The molecule has 184 valence electrons. The highest BCUT2D eigenvalue weighted by molar-refractivity contribution is 5.67. The number of fused-ring (bicyclic) bond motifs is 1. The van der Waals surface area contributed by atoms with E-state index in [9.17, 15) is 19.8 Å². The van der Waals surface area contributed by atoms with E-state index in [0.717, 1.165) is 5.56 Å². The highest BCUT2D eigenvalue weighted by Gasteiger charge is 2.58. The molecule has 1 saturated carbocycles. The number of pyridine rings is 1. The number of rotatable bonds is 5. The maximum Gasteiger partial charge on any atom is 0.303 e. The van der Waals surface area contributed by atoms with Crippen LogP contribution in [0.5, 0.6) is 0 Å². The quantitative estimate of drug-likeness (QED) is 0.619. The molecule has 0 aromatic carbocycles. The number of nitrogens with zero attached hydrogens (tertiary/aromatic N) is 1. The van der Waals surface area contributed by atoms with Crippen LogP contribution in [0.1, 0.15) is 46.1 Å². The van der Waals surface area contributed by atoms with E-state index in [-0.39, 0.29) is 25.6 Å². The van der Waals surface area contributed by atoms with Crippen LogP contribution in [-0.2, 0) is 28.5 Å². The van der Waals surface area contributed by atoms with Crippen molar-refractivity contribution in [3.05, 3.63) is 47.5 Å². The monoisotopic (exact) mass is 473 g/mol. The van der Waals surface area contributed by atoms with Crippen LogP contribution in [0.3, 0.4) is 0 Å².